The molecular weight excluding hydrogens is 257 g/mol. The van der Waals surface area contributed by atoms with Crippen molar-refractivity contribution in [3.63, 3.8) is 0 Å². The highest BCUT2D eigenvalue weighted by Gasteiger charge is 2.12. The van der Waals surface area contributed by atoms with Crippen LogP contribution >= 0.6 is 11.6 Å². The van der Waals surface area contributed by atoms with E-state index in [1.165, 1.54) is 18.2 Å². The van der Waals surface area contributed by atoms with Crippen molar-refractivity contribution in [1.29, 1.82) is 0 Å². The highest BCUT2D eigenvalue weighted by atomic mass is 35.5. The van der Waals surface area contributed by atoms with E-state index < -0.39 is 5.82 Å². The molecule has 0 saturated heterocycles. The second-order valence-electron chi connectivity index (χ2n) is 4.32. The predicted octanol–water partition coefficient (Wildman–Crippen LogP) is 3.60. The van der Waals surface area contributed by atoms with E-state index in [1.54, 1.807) is 0 Å². The number of nitrogens with one attached hydrogen (secondary N) is 1. The zero-order valence-electron chi connectivity index (χ0n) is 10.1. The van der Waals surface area contributed by atoms with Crippen LogP contribution in [-0.4, -0.2) is 16.7 Å². The Morgan fingerprint density at radius 2 is 2.22 bits per heavy atom. The Balaban J connectivity index is 2.18. The smallest absolute Gasteiger partial charge is 0.321 e. The fourth-order valence-corrected chi connectivity index (χ4v) is 1.62. The lowest BCUT2D eigenvalue weighted by Gasteiger charge is -2.02. The van der Waals surface area contributed by atoms with Crippen molar-refractivity contribution in [2.75, 3.05) is 11.9 Å². The second-order valence-corrected chi connectivity index (χ2v) is 4.73. The minimum atomic E-state index is -0.398. The van der Waals surface area contributed by atoms with Gasteiger partial charge in [-0.2, -0.15) is 4.98 Å². The Bertz CT molecular complexity index is 542. The van der Waals surface area contributed by atoms with E-state index >= 15 is 0 Å². The van der Waals surface area contributed by atoms with Gasteiger partial charge in [-0.05, 0) is 24.1 Å². The molecule has 1 aromatic heterocycles. The molecule has 0 unspecified atom stereocenters. The van der Waals surface area contributed by atoms with Gasteiger partial charge < -0.3 is 9.84 Å². The highest BCUT2D eigenvalue weighted by molar-refractivity contribution is 6.33. The van der Waals surface area contributed by atoms with E-state index in [-0.39, 0.29) is 5.02 Å². The Kier molecular flexibility index (Phi) is 3.81. The Hall–Kier alpha value is -1.62. The molecule has 0 aliphatic carbocycles. The molecular formula is C12H13ClFN3O. The first kappa shape index (κ1) is 12.8. The summed E-state index contributed by atoms with van der Waals surface area (Å²) < 4.78 is 17.9. The average Bonchev–Trinajstić information content (AvgIpc) is 2.75. The summed E-state index contributed by atoms with van der Waals surface area (Å²) in [4.78, 5) is 4.15. The average molecular weight is 270 g/mol. The van der Waals surface area contributed by atoms with Crippen LogP contribution in [0.4, 0.5) is 10.4 Å². The molecule has 6 heteroatoms. The largest absolute Gasteiger partial charge is 0.337 e. The van der Waals surface area contributed by atoms with Crippen LogP contribution in [0.2, 0.25) is 5.02 Å². The fourth-order valence-electron chi connectivity index (χ4n) is 1.37. The van der Waals surface area contributed by atoms with Gasteiger partial charge in [0.25, 0.3) is 0 Å². The maximum atomic E-state index is 12.9. The van der Waals surface area contributed by atoms with Crippen molar-refractivity contribution in [2.24, 2.45) is 5.92 Å². The van der Waals surface area contributed by atoms with Crippen LogP contribution in [-0.2, 0) is 0 Å². The number of rotatable bonds is 4. The number of anilines is 1. The molecule has 0 fully saturated rings. The number of aromatic nitrogens is 2. The number of hydrogen-bond donors (Lipinski definition) is 1. The maximum Gasteiger partial charge on any atom is 0.321 e. The zero-order chi connectivity index (χ0) is 13.1. The Morgan fingerprint density at radius 3 is 2.89 bits per heavy atom. The summed E-state index contributed by atoms with van der Waals surface area (Å²) in [7, 11) is 0. The normalized spacial score (nSPS) is 10.9. The first-order valence-electron chi connectivity index (χ1n) is 5.59. The van der Waals surface area contributed by atoms with Crippen LogP contribution in [0.25, 0.3) is 11.4 Å². The Labute approximate surface area is 109 Å². The molecule has 2 aromatic rings. The summed E-state index contributed by atoms with van der Waals surface area (Å²) >= 11 is 5.92. The van der Waals surface area contributed by atoms with E-state index in [9.17, 15) is 4.39 Å². The second kappa shape index (κ2) is 5.35. The predicted molar refractivity (Wildman–Crippen MR) is 68.0 cm³/mol. The van der Waals surface area contributed by atoms with Crippen molar-refractivity contribution in [1.82, 2.24) is 10.1 Å². The van der Waals surface area contributed by atoms with E-state index in [0.717, 1.165) is 6.54 Å². The molecule has 1 heterocycles. The quantitative estimate of drug-likeness (QED) is 0.921. The van der Waals surface area contributed by atoms with Gasteiger partial charge in [0.1, 0.15) is 5.82 Å². The van der Waals surface area contributed by atoms with E-state index in [0.29, 0.717) is 23.3 Å². The first-order valence-corrected chi connectivity index (χ1v) is 5.97. The highest BCUT2D eigenvalue weighted by Crippen LogP contribution is 2.26. The van der Waals surface area contributed by atoms with Gasteiger partial charge in [-0.15, -0.1) is 0 Å². The molecule has 0 aliphatic heterocycles. The molecule has 0 radical (unpaired) electrons. The van der Waals surface area contributed by atoms with Crippen LogP contribution in [0, 0.1) is 11.7 Å². The standard InChI is InChI=1S/C12H13ClFN3O/c1-7(2)6-15-12-16-11(17-18-12)9-4-3-8(14)5-10(9)13/h3-5,7H,6H2,1-2H3,(H,15,16,17). The van der Waals surface area contributed by atoms with Crippen molar-refractivity contribution in [3.8, 4) is 11.4 Å². The van der Waals surface area contributed by atoms with Crippen LogP contribution in [0.3, 0.4) is 0 Å². The number of nitrogens with zero attached hydrogens (tertiary/aromatic N) is 2. The molecule has 96 valence electrons. The summed E-state index contributed by atoms with van der Waals surface area (Å²) in [5, 5.41) is 7.06. The molecule has 4 nitrogen and oxygen atoms in total. The molecule has 0 saturated carbocycles. The summed E-state index contributed by atoms with van der Waals surface area (Å²) in [6.45, 7) is 4.88. The van der Waals surface area contributed by atoms with Gasteiger partial charge in [-0.1, -0.05) is 30.6 Å². The topological polar surface area (TPSA) is 51.0 Å². The minimum absolute atomic E-state index is 0.256. The van der Waals surface area contributed by atoms with Gasteiger partial charge in [0.2, 0.25) is 5.82 Å². The van der Waals surface area contributed by atoms with Crippen LogP contribution in [0.5, 0.6) is 0 Å². The van der Waals surface area contributed by atoms with Gasteiger partial charge in [0, 0.05) is 12.1 Å². The van der Waals surface area contributed by atoms with E-state index in [4.69, 9.17) is 16.1 Å². The number of halogens is 2. The summed E-state index contributed by atoms with van der Waals surface area (Å²) in [6, 6.07) is 4.38. The van der Waals surface area contributed by atoms with Crippen LogP contribution in [0.1, 0.15) is 13.8 Å². The molecule has 1 aromatic carbocycles. The molecule has 0 aliphatic rings. The van der Waals surface area contributed by atoms with Gasteiger partial charge in [0.05, 0.1) is 5.02 Å². The first-order chi connectivity index (χ1) is 8.56. The van der Waals surface area contributed by atoms with Gasteiger partial charge in [-0.3, -0.25) is 0 Å². The van der Waals surface area contributed by atoms with Crippen molar-refractivity contribution in [2.45, 2.75) is 13.8 Å². The fraction of sp³-hybridized carbons (Fsp3) is 0.333. The summed E-state index contributed by atoms with van der Waals surface area (Å²) in [5.41, 5.74) is 0.541. The van der Waals surface area contributed by atoms with Gasteiger partial charge >= 0.3 is 6.01 Å². The SMILES string of the molecule is CC(C)CNc1nc(-c2ccc(F)cc2Cl)no1. The van der Waals surface area contributed by atoms with Gasteiger partial charge in [0.15, 0.2) is 0 Å². The van der Waals surface area contributed by atoms with Gasteiger partial charge in [-0.25, -0.2) is 4.39 Å². The summed E-state index contributed by atoms with van der Waals surface area (Å²) in [6.07, 6.45) is 0. The lowest BCUT2D eigenvalue weighted by Crippen LogP contribution is -2.07. The third-order valence-corrected chi connectivity index (χ3v) is 2.57. The molecule has 2 rings (SSSR count). The molecule has 0 bridgehead atoms. The lowest BCUT2D eigenvalue weighted by atomic mass is 10.2. The minimum Gasteiger partial charge on any atom is -0.337 e. The lowest BCUT2D eigenvalue weighted by molar-refractivity contribution is 0.429. The van der Waals surface area contributed by atoms with Crippen LogP contribution in [0.15, 0.2) is 22.7 Å². The third kappa shape index (κ3) is 2.98. The van der Waals surface area contributed by atoms with Crippen molar-refractivity contribution < 1.29 is 8.91 Å². The van der Waals surface area contributed by atoms with E-state index in [2.05, 4.69) is 29.3 Å². The third-order valence-electron chi connectivity index (χ3n) is 2.26. The molecule has 0 atom stereocenters. The van der Waals surface area contributed by atoms with E-state index in [1.807, 2.05) is 0 Å². The molecule has 0 spiro atoms. The van der Waals surface area contributed by atoms with Crippen molar-refractivity contribution in [3.05, 3.63) is 29.0 Å². The zero-order valence-corrected chi connectivity index (χ0v) is 10.8. The number of hydrogen-bond acceptors (Lipinski definition) is 4. The maximum absolute atomic E-state index is 12.9. The van der Waals surface area contributed by atoms with Crippen molar-refractivity contribution >= 4 is 17.6 Å². The summed E-state index contributed by atoms with van der Waals surface area (Å²) in [5.74, 6) is 0.409. The Morgan fingerprint density at radius 1 is 1.44 bits per heavy atom. The van der Waals surface area contributed by atoms with Crippen LogP contribution < -0.4 is 5.32 Å². The molecule has 0 amide bonds. The molecule has 18 heavy (non-hydrogen) atoms. The molecule has 1 N–H and O–H groups in total. The monoisotopic (exact) mass is 269 g/mol. The number of benzene rings is 1.